The van der Waals surface area contributed by atoms with E-state index in [1.54, 1.807) is 6.08 Å². The molecule has 1 aliphatic rings. The first-order valence-corrected chi connectivity index (χ1v) is 7.77. The lowest BCUT2D eigenvalue weighted by Gasteiger charge is -2.19. The minimum atomic E-state index is 0.0646. The van der Waals surface area contributed by atoms with Crippen LogP contribution in [-0.2, 0) is 17.6 Å². The fourth-order valence-electron chi connectivity index (χ4n) is 2.75. The Morgan fingerprint density at radius 1 is 1.04 bits per heavy atom. The fourth-order valence-corrected chi connectivity index (χ4v) is 2.75. The molecule has 116 valence electrons. The number of carbonyl (C=O) groups is 2. The van der Waals surface area contributed by atoms with Gasteiger partial charge in [0.15, 0.2) is 5.78 Å². The molecule has 0 N–H and O–H groups in total. The van der Waals surface area contributed by atoms with Gasteiger partial charge in [-0.05, 0) is 60.4 Å². The average Bonchev–Trinajstić information content (AvgIpc) is 2.56. The smallest absolute Gasteiger partial charge is 0.193 e. The van der Waals surface area contributed by atoms with Crippen LogP contribution in [0.3, 0.4) is 0 Å². The maximum atomic E-state index is 12.6. The summed E-state index contributed by atoms with van der Waals surface area (Å²) in [5.74, 6) is 0.0646. The first-order chi connectivity index (χ1) is 11.2. The zero-order chi connectivity index (χ0) is 16.2. The van der Waals surface area contributed by atoms with Gasteiger partial charge in [-0.3, -0.25) is 9.59 Å². The topological polar surface area (TPSA) is 37.4 Å². The number of rotatable bonds is 6. The Morgan fingerprint density at radius 3 is 2.35 bits per heavy atom. The van der Waals surface area contributed by atoms with Gasteiger partial charge in [-0.1, -0.05) is 18.2 Å². The second-order valence-corrected chi connectivity index (χ2v) is 5.80. The van der Waals surface area contributed by atoms with Crippen molar-refractivity contribution in [1.29, 1.82) is 0 Å². The van der Waals surface area contributed by atoms with Crippen molar-refractivity contribution in [3.05, 3.63) is 76.9 Å². The van der Waals surface area contributed by atoms with Crippen LogP contribution < -0.4 is 4.90 Å². The number of carbonyl (C=O) groups excluding carboxylic acids is 2. The SMILES string of the molecule is CN(C/C=C\C=O)c1ccc(C(=O)c2ccc3c(c2)CC3)cc1. The molecular formula is C20H19NO2. The highest BCUT2D eigenvalue weighted by atomic mass is 16.1. The molecular weight excluding hydrogens is 286 g/mol. The molecule has 0 fully saturated rings. The lowest BCUT2D eigenvalue weighted by atomic mass is 9.86. The van der Waals surface area contributed by atoms with Crippen LogP contribution in [0.25, 0.3) is 0 Å². The molecule has 0 radical (unpaired) electrons. The third-order valence-electron chi connectivity index (χ3n) is 4.30. The third-order valence-corrected chi connectivity index (χ3v) is 4.30. The van der Waals surface area contributed by atoms with Crippen LogP contribution in [0.15, 0.2) is 54.6 Å². The fraction of sp³-hybridized carbons (Fsp3) is 0.200. The molecule has 0 unspecified atom stereocenters. The monoisotopic (exact) mass is 305 g/mol. The normalized spacial score (nSPS) is 12.6. The predicted octanol–water partition coefficient (Wildman–Crippen LogP) is 3.21. The number of aldehydes is 1. The van der Waals surface area contributed by atoms with Gasteiger partial charge >= 0.3 is 0 Å². The van der Waals surface area contributed by atoms with Gasteiger partial charge in [0, 0.05) is 30.4 Å². The number of nitrogens with zero attached hydrogens (tertiary/aromatic N) is 1. The van der Waals surface area contributed by atoms with Crippen LogP contribution in [0.4, 0.5) is 5.69 Å². The highest BCUT2D eigenvalue weighted by molar-refractivity contribution is 6.09. The molecule has 0 heterocycles. The van der Waals surface area contributed by atoms with E-state index in [2.05, 4.69) is 6.07 Å². The number of anilines is 1. The first-order valence-electron chi connectivity index (χ1n) is 7.77. The molecule has 1 aliphatic carbocycles. The van der Waals surface area contributed by atoms with Crippen molar-refractivity contribution < 1.29 is 9.59 Å². The summed E-state index contributed by atoms with van der Waals surface area (Å²) in [4.78, 5) is 24.9. The quantitative estimate of drug-likeness (QED) is 0.467. The van der Waals surface area contributed by atoms with E-state index in [1.807, 2.05) is 48.3 Å². The van der Waals surface area contributed by atoms with E-state index < -0.39 is 0 Å². The maximum absolute atomic E-state index is 12.6. The lowest BCUT2D eigenvalue weighted by molar-refractivity contribution is -0.104. The van der Waals surface area contributed by atoms with Gasteiger partial charge in [0.25, 0.3) is 0 Å². The standard InChI is InChI=1S/C20H19NO2/c1-21(12-2-3-13-22)19-10-8-16(9-11-19)20(23)18-7-5-15-4-6-17(15)14-18/h2-3,5,7-11,13-14H,4,6,12H2,1H3/b3-2-. The van der Waals surface area contributed by atoms with E-state index in [9.17, 15) is 9.59 Å². The van der Waals surface area contributed by atoms with Gasteiger partial charge in [0.1, 0.15) is 6.29 Å². The summed E-state index contributed by atoms with van der Waals surface area (Å²) in [5, 5.41) is 0. The molecule has 0 amide bonds. The van der Waals surface area contributed by atoms with Crippen LogP contribution in [0.1, 0.15) is 27.0 Å². The van der Waals surface area contributed by atoms with Crippen molar-refractivity contribution in [1.82, 2.24) is 0 Å². The summed E-state index contributed by atoms with van der Waals surface area (Å²) in [6.45, 7) is 0.650. The maximum Gasteiger partial charge on any atom is 0.193 e. The number of likely N-dealkylation sites (N-methyl/N-ethyl adjacent to an activating group) is 1. The zero-order valence-corrected chi connectivity index (χ0v) is 13.2. The number of hydrogen-bond donors (Lipinski definition) is 0. The van der Waals surface area contributed by atoms with Crippen molar-refractivity contribution >= 4 is 17.8 Å². The predicted molar refractivity (Wildman–Crippen MR) is 92.2 cm³/mol. The largest absolute Gasteiger partial charge is 0.371 e. The molecule has 3 heteroatoms. The minimum Gasteiger partial charge on any atom is -0.371 e. The van der Waals surface area contributed by atoms with E-state index in [-0.39, 0.29) is 5.78 Å². The molecule has 0 saturated heterocycles. The van der Waals surface area contributed by atoms with E-state index in [4.69, 9.17) is 0 Å². The Hall–Kier alpha value is -2.68. The Morgan fingerprint density at radius 2 is 1.74 bits per heavy atom. The van der Waals surface area contributed by atoms with Gasteiger partial charge < -0.3 is 4.90 Å². The molecule has 23 heavy (non-hydrogen) atoms. The van der Waals surface area contributed by atoms with Crippen molar-refractivity contribution in [2.45, 2.75) is 12.8 Å². The van der Waals surface area contributed by atoms with Crippen molar-refractivity contribution in [2.24, 2.45) is 0 Å². The van der Waals surface area contributed by atoms with Crippen LogP contribution in [0.2, 0.25) is 0 Å². The minimum absolute atomic E-state index is 0.0646. The second kappa shape index (κ2) is 6.61. The summed E-state index contributed by atoms with van der Waals surface area (Å²) >= 11 is 0. The molecule has 0 atom stereocenters. The molecule has 3 rings (SSSR count). The lowest BCUT2D eigenvalue weighted by Crippen LogP contribution is -2.17. The molecule has 0 spiro atoms. The molecule has 0 aromatic heterocycles. The Kier molecular flexibility index (Phi) is 4.38. The van der Waals surface area contributed by atoms with E-state index >= 15 is 0 Å². The van der Waals surface area contributed by atoms with Crippen LogP contribution in [-0.4, -0.2) is 25.7 Å². The van der Waals surface area contributed by atoms with Gasteiger partial charge in [0.2, 0.25) is 0 Å². The van der Waals surface area contributed by atoms with Crippen molar-refractivity contribution in [2.75, 3.05) is 18.5 Å². The van der Waals surface area contributed by atoms with Crippen LogP contribution in [0.5, 0.6) is 0 Å². The highest BCUT2D eigenvalue weighted by Crippen LogP contribution is 2.25. The molecule has 0 bridgehead atoms. The number of hydrogen-bond acceptors (Lipinski definition) is 3. The number of fused-ring (bicyclic) bond motifs is 1. The summed E-state index contributed by atoms with van der Waals surface area (Å²) < 4.78 is 0. The molecule has 2 aromatic rings. The molecule has 0 aliphatic heterocycles. The second-order valence-electron chi connectivity index (χ2n) is 5.80. The summed E-state index contributed by atoms with van der Waals surface area (Å²) in [7, 11) is 1.95. The first kappa shape index (κ1) is 15.2. The highest BCUT2D eigenvalue weighted by Gasteiger charge is 2.16. The summed E-state index contributed by atoms with van der Waals surface area (Å²) in [5.41, 5.74) is 5.13. The van der Waals surface area contributed by atoms with Crippen LogP contribution >= 0.6 is 0 Å². The van der Waals surface area contributed by atoms with Gasteiger partial charge in [-0.2, -0.15) is 0 Å². The average molecular weight is 305 g/mol. The number of ketones is 1. The van der Waals surface area contributed by atoms with E-state index in [0.717, 1.165) is 30.4 Å². The Balaban J connectivity index is 1.73. The molecule has 0 saturated carbocycles. The van der Waals surface area contributed by atoms with Gasteiger partial charge in [-0.15, -0.1) is 0 Å². The Bertz CT molecular complexity index is 760. The van der Waals surface area contributed by atoms with Crippen molar-refractivity contribution in [3.8, 4) is 0 Å². The Labute approximate surface area is 136 Å². The van der Waals surface area contributed by atoms with Gasteiger partial charge in [-0.25, -0.2) is 0 Å². The van der Waals surface area contributed by atoms with Gasteiger partial charge in [0.05, 0.1) is 0 Å². The number of allylic oxidation sites excluding steroid dienone is 1. The molecule has 3 nitrogen and oxygen atoms in total. The summed E-state index contributed by atoms with van der Waals surface area (Å²) in [6.07, 6.45) is 6.26. The third kappa shape index (κ3) is 3.24. The van der Waals surface area contributed by atoms with Crippen molar-refractivity contribution in [3.63, 3.8) is 0 Å². The van der Waals surface area contributed by atoms with E-state index in [1.165, 1.54) is 17.2 Å². The van der Waals surface area contributed by atoms with E-state index in [0.29, 0.717) is 12.1 Å². The summed E-state index contributed by atoms with van der Waals surface area (Å²) in [6, 6.07) is 13.6. The van der Waals surface area contributed by atoms with Crippen LogP contribution in [0, 0.1) is 0 Å². The number of benzene rings is 2. The zero-order valence-electron chi connectivity index (χ0n) is 13.2. The molecule has 2 aromatic carbocycles. The number of aryl methyl sites for hydroxylation is 2.